The summed E-state index contributed by atoms with van der Waals surface area (Å²) in [7, 11) is 1.49. The van der Waals surface area contributed by atoms with Crippen molar-refractivity contribution in [1.82, 2.24) is 0 Å². The third-order valence-corrected chi connectivity index (χ3v) is 7.97. The standard InChI is InChI=1S/C21H23FN4O3S/c1-29-20-16-12(6-13(22)17(20)25-5-4-10(7-23)9-25)18(27)15-19(28)14(8-24)30-21(15)26(16)11-2-3-11/h6,10-11,14-15,21H,2-5,7,9,23H2,1H3/t10?,14?,15?,21-/m0/s1. The molecule has 1 aromatic rings. The number of benzene rings is 1. The normalized spacial score (nSPS) is 30.3. The summed E-state index contributed by atoms with van der Waals surface area (Å²) in [5, 5.41) is 8.06. The highest BCUT2D eigenvalue weighted by atomic mass is 32.2. The number of hydrogen-bond donors (Lipinski definition) is 1. The highest BCUT2D eigenvalue weighted by Gasteiger charge is 2.57. The van der Waals surface area contributed by atoms with E-state index in [0.29, 0.717) is 36.8 Å². The number of carbonyl (C=O) groups excluding carboxylic acids is 2. The van der Waals surface area contributed by atoms with E-state index in [1.165, 1.54) is 24.9 Å². The molecule has 0 amide bonds. The molecule has 1 aromatic carbocycles. The van der Waals surface area contributed by atoms with Crippen molar-refractivity contribution < 1.29 is 18.7 Å². The maximum atomic E-state index is 15.3. The average Bonchev–Trinajstić information content (AvgIpc) is 3.37. The van der Waals surface area contributed by atoms with Crippen LogP contribution >= 0.6 is 11.8 Å². The Morgan fingerprint density at radius 1 is 1.33 bits per heavy atom. The molecule has 2 N–H and O–H groups in total. The lowest BCUT2D eigenvalue weighted by Gasteiger charge is -2.40. The number of Topliss-reactive ketones (excluding diaryl/α,β-unsaturated/α-hetero) is 2. The Kier molecular flexibility index (Phi) is 4.67. The number of anilines is 2. The van der Waals surface area contributed by atoms with Crippen LogP contribution in [0.25, 0.3) is 0 Å². The molecule has 0 radical (unpaired) electrons. The molecule has 4 atom stereocenters. The van der Waals surface area contributed by atoms with Crippen LogP contribution in [0, 0.1) is 29.0 Å². The Hall–Kier alpha value is -2.31. The van der Waals surface area contributed by atoms with E-state index in [-0.39, 0.29) is 23.3 Å². The van der Waals surface area contributed by atoms with Crippen molar-refractivity contribution in [3.63, 3.8) is 0 Å². The zero-order valence-corrected chi connectivity index (χ0v) is 17.5. The molecule has 2 saturated heterocycles. The number of hydrogen-bond acceptors (Lipinski definition) is 8. The van der Waals surface area contributed by atoms with Crippen molar-refractivity contribution in [2.24, 2.45) is 17.6 Å². The molecule has 0 bridgehead atoms. The third kappa shape index (κ3) is 2.73. The first-order valence-electron chi connectivity index (χ1n) is 10.3. The van der Waals surface area contributed by atoms with E-state index in [1.807, 2.05) is 11.0 Å². The van der Waals surface area contributed by atoms with Gasteiger partial charge in [-0.05, 0) is 37.8 Å². The van der Waals surface area contributed by atoms with Crippen LogP contribution in [0.2, 0.25) is 0 Å². The molecule has 158 valence electrons. The molecule has 3 unspecified atom stereocenters. The summed E-state index contributed by atoms with van der Waals surface area (Å²) in [6, 6.07) is 3.43. The topological polar surface area (TPSA) is 99.7 Å². The van der Waals surface area contributed by atoms with Gasteiger partial charge in [-0.3, -0.25) is 9.59 Å². The van der Waals surface area contributed by atoms with Gasteiger partial charge >= 0.3 is 0 Å². The van der Waals surface area contributed by atoms with Gasteiger partial charge in [0, 0.05) is 24.7 Å². The summed E-state index contributed by atoms with van der Waals surface area (Å²) in [6.45, 7) is 1.84. The average molecular weight is 431 g/mol. The fourth-order valence-corrected chi connectivity index (χ4v) is 6.42. The zero-order valence-electron chi connectivity index (χ0n) is 16.6. The Morgan fingerprint density at radius 2 is 2.10 bits per heavy atom. The number of rotatable bonds is 4. The van der Waals surface area contributed by atoms with Crippen LogP contribution in [0.15, 0.2) is 6.07 Å². The van der Waals surface area contributed by atoms with E-state index in [1.54, 1.807) is 0 Å². The summed E-state index contributed by atoms with van der Waals surface area (Å²) in [5.74, 6) is -1.61. The number of nitrogens with zero attached hydrogens (tertiary/aromatic N) is 3. The largest absolute Gasteiger partial charge is 0.492 e. The predicted molar refractivity (Wildman–Crippen MR) is 111 cm³/mol. The summed E-state index contributed by atoms with van der Waals surface area (Å²) in [4.78, 5) is 30.0. The van der Waals surface area contributed by atoms with Crippen LogP contribution < -0.4 is 20.3 Å². The van der Waals surface area contributed by atoms with Gasteiger partial charge < -0.3 is 20.3 Å². The van der Waals surface area contributed by atoms with Crippen molar-refractivity contribution in [2.75, 3.05) is 36.5 Å². The van der Waals surface area contributed by atoms with Crippen LogP contribution in [0.4, 0.5) is 15.8 Å². The summed E-state index contributed by atoms with van der Waals surface area (Å²) < 4.78 is 21.1. The van der Waals surface area contributed by atoms with Crippen LogP contribution in [0.1, 0.15) is 29.6 Å². The molecule has 3 fully saturated rings. The van der Waals surface area contributed by atoms with Crippen molar-refractivity contribution in [2.45, 2.75) is 35.9 Å². The first-order chi connectivity index (χ1) is 14.5. The summed E-state index contributed by atoms with van der Waals surface area (Å²) in [5.41, 5.74) is 6.92. The monoisotopic (exact) mass is 430 g/mol. The number of nitrogens with two attached hydrogens (primary N) is 1. The van der Waals surface area contributed by atoms with Gasteiger partial charge in [0.15, 0.2) is 28.4 Å². The van der Waals surface area contributed by atoms with E-state index in [0.717, 1.165) is 19.3 Å². The number of methoxy groups -OCH3 is 1. The molecule has 3 heterocycles. The molecule has 3 aliphatic heterocycles. The number of ether oxygens (including phenoxy) is 1. The van der Waals surface area contributed by atoms with Crippen LogP contribution in [0.5, 0.6) is 5.75 Å². The molecular weight excluding hydrogens is 407 g/mol. The van der Waals surface area contributed by atoms with Gasteiger partial charge in [-0.25, -0.2) is 4.39 Å². The first kappa shape index (κ1) is 19.6. The second-order valence-electron chi connectivity index (χ2n) is 8.39. The second kappa shape index (κ2) is 7.13. The van der Waals surface area contributed by atoms with Crippen LogP contribution in [-0.4, -0.2) is 55.0 Å². The van der Waals surface area contributed by atoms with E-state index < -0.39 is 28.1 Å². The van der Waals surface area contributed by atoms with Crippen molar-refractivity contribution in [3.8, 4) is 11.8 Å². The molecule has 1 aliphatic carbocycles. The predicted octanol–water partition coefficient (Wildman–Crippen LogP) is 1.93. The lowest BCUT2D eigenvalue weighted by molar-refractivity contribution is -0.119. The summed E-state index contributed by atoms with van der Waals surface area (Å²) in [6.07, 6.45) is 2.73. The van der Waals surface area contributed by atoms with E-state index in [4.69, 9.17) is 10.5 Å². The highest BCUT2D eigenvalue weighted by Crippen LogP contribution is 2.55. The molecule has 5 rings (SSSR count). The van der Waals surface area contributed by atoms with Gasteiger partial charge in [0.25, 0.3) is 0 Å². The number of halogens is 1. The molecule has 7 nitrogen and oxygen atoms in total. The van der Waals surface area contributed by atoms with Gasteiger partial charge in [0.05, 0.1) is 24.2 Å². The van der Waals surface area contributed by atoms with Crippen molar-refractivity contribution >= 4 is 34.7 Å². The highest BCUT2D eigenvalue weighted by molar-refractivity contribution is 8.02. The Labute approximate surface area is 178 Å². The minimum Gasteiger partial charge on any atom is -0.492 e. The minimum absolute atomic E-state index is 0.157. The SMILES string of the molecule is COc1c(N2CCC(CN)C2)c(F)cc2c1N(C1CC1)[C@H]1SC(C#N)C(=O)C1C2=O. The Morgan fingerprint density at radius 3 is 2.70 bits per heavy atom. The minimum atomic E-state index is -0.934. The van der Waals surface area contributed by atoms with Crippen molar-refractivity contribution in [1.29, 1.82) is 5.26 Å². The smallest absolute Gasteiger partial charge is 0.178 e. The zero-order chi connectivity index (χ0) is 21.2. The van der Waals surface area contributed by atoms with Gasteiger partial charge in [-0.1, -0.05) is 0 Å². The molecule has 9 heteroatoms. The fourth-order valence-electron chi connectivity index (χ4n) is 4.97. The quantitative estimate of drug-likeness (QED) is 0.724. The Balaban J connectivity index is 1.67. The maximum absolute atomic E-state index is 15.3. The molecule has 30 heavy (non-hydrogen) atoms. The number of nitriles is 1. The molecule has 1 saturated carbocycles. The molecular formula is C21H23FN4O3S. The van der Waals surface area contributed by atoms with E-state index in [2.05, 4.69) is 4.90 Å². The van der Waals surface area contributed by atoms with Gasteiger partial charge in [0.1, 0.15) is 11.6 Å². The third-order valence-electron chi connectivity index (χ3n) is 6.59. The van der Waals surface area contributed by atoms with Crippen molar-refractivity contribution in [3.05, 3.63) is 17.4 Å². The van der Waals surface area contributed by atoms with Crippen LogP contribution in [-0.2, 0) is 4.79 Å². The number of thioether (sulfide) groups is 1. The van der Waals surface area contributed by atoms with E-state index in [9.17, 15) is 14.9 Å². The first-order valence-corrected chi connectivity index (χ1v) is 11.2. The second-order valence-corrected chi connectivity index (χ2v) is 9.62. The number of carbonyl (C=O) groups is 2. The van der Waals surface area contributed by atoms with Gasteiger partial charge in [-0.2, -0.15) is 5.26 Å². The summed E-state index contributed by atoms with van der Waals surface area (Å²) >= 11 is 1.23. The maximum Gasteiger partial charge on any atom is 0.178 e. The lowest BCUT2D eigenvalue weighted by atomic mass is 9.86. The fraction of sp³-hybridized carbons (Fsp3) is 0.571. The number of fused-ring (bicyclic) bond motifs is 2. The molecule has 0 aromatic heterocycles. The molecule has 4 aliphatic rings. The number of ketones is 2. The lowest BCUT2D eigenvalue weighted by Crippen LogP contribution is -2.48. The van der Waals surface area contributed by atoms with Gasteiger partial charge in [0.2, 0.25) is 0 Å². The molecule has 0 spiro atoms. The van der Waals surface area contributed by atoms with Gasteiger partial charge in [-0.15, -0.1) is 11.8 Å². The van der Waals surface area contributed by atoms with Crippen LogP contribution in [0.3, 0.4) is 0 Å². The Bertz CT molecular complexity index is 976. The van der Waals surface area contributed by atoms with E-state index >= 15 is 4.39 Å².